The third-order valence-corrected chi connectivity index (χ3v) is 4.26. The lowest BCUT2D eigenvalue weighted by Crippen LogP contribution is -1.99. The molecule has 14 heavy (non-hydrogen) atoms. The third-order valence-electron chi connectivity index (χ3n) is 1.95. The lowest BCUT2D eigenvalue weighted by atomic mass is 10.3. The van der Waals surface area contributed by atoms with Gasteiger partial charge in [0.25, 0.3) is 0 Å². The summed E-state index contributed by atoms with van der Waals surface area (Å²) in [4.78, 5) is 0. The molecule has 1 nitrogen and oxygen atoms in total. The van der Waals surface area contributed by atoms with Gasteiger partial charge in [0, 0.05) is 0 Å². The number of hydrogen-bond donors (Lipinski definition) is 2. The van der Waals surface area contributed by atoms with Gasteiger partial charge in [-0.05, 0) is 36.4 Å². The van der Waals surface area contributed by atoms with Crippen LogP contribution in [0.5, 0.6) is 0 Å². The van der Waals surface area contributed by atoms with Gasteiger partial charge in [0.2, 0.25) is 0 Å². The molecule has 0 atom stereocenters. The molecule has 0 spiro atoms. The van der Waals surface area contributed by atoms with E-state index in [1.807, 2.05) is 0 Å². The highest BCUT2D eigenvalue weighted by molar-refractivity contribution is 8.25. The SMILES string of the molecule is CCCCC=S(=CCCCC)=C(N)S. The van der Waals surface area contributed by atoms with Crippen molar-refractivity contribution < 1.29 is 0 Å². The summed E-state index contributed by atoms with van der Waals surface area (Å²) in [5.41, 5.74) is 5.73. The van der Waals surface area contributed by atoms with Crippen LogP contribution in [-0.4, -0.2) is 15.1 Å². The summed E-state index contributed by atoms with van der Waals surface area (Å²) in [5.74, 6) is 0. The smallest absolute Gasteiger partial charge is 0.0877 e. The number of hydrogen-bond acceptors (Lipinski definition) is 0. The Morgan fingerprint density at radius 1 is 1.14 bits per heavy atom. The fraction of sp³-hybridized carbons (Fsp3) is 0.727. The van der Waals surface area contributed by atoms with Crippen LogP contribution in [0.1, 0.15) is 52.4 Å². The van der Waals surface area contributed by atoms with Crippen LogP contribution in [0, 0.1) is 0 Å². The molecule has 0 rings (SSSR count). The molecule has 0 aromatic heterocycles. The summed E-state index contributed by atoms with van der Waals surface area (Å²) < 4.78 is 0.761. The van der Waals surface area contributed by atoms with Gasteiger partial charge in [-0.15, -0.1) is 12.6 Å². The van der Waals surface area contributed by atoms with Crippen LogP contribution >= 0.6 is 22.3 Å². The minimum Gasteiger partial charge on any atom is -0.289 e. The molecule has 0 heterocycles. The zero-order valence-electron chi connectivity index (χ0n) is 9.33. The van der Waals surface area contributed by atoms with E-state index in [1.165, 1.54) is 25.7 Å². The van der Waals surface area contributed by atoms with Gasteiger partial charge < -0.3 is 0 Å². The maximum absolute atomic E-state index is 5.73. The average molecular weight is 233 g/mol. The van der Waals surface area contributed by atoms with E-state index in [4.69, 9.17) is 5.73 Å². The molecular formula is C11H23NS2. The zero-order valence-corrected chi connectivity index (χ0v) is 11.0. The third kappa shape index (κ3) is 7.54. The van der Waals surface area contributed by atoms with Crippen molar-refractivity contribution in [2.24, 2.45) is 5.73 Å². The highest BCUT2D eigenvalue weighted by Crippen LogP contribution is 1.98. The van der Waals surface area contributed by atoms with Crippen LogP contribution < -0.4 is 5.73 Å². The second kappa shape index (κ2) is 9.69. The summed E-state index contributed by atoms with van der Waals surface area (Å²) in [6.07, 6.45) is 7.32. The molecule has 84 valence electrons. The van der Waals surface area contributed by atoms with Gasteiger partial charge in [0.15, 0.2) is 0 Å². The van der Waals surface area contributed by atoms with Crippen molar-refractivity contribution in [3.63, 3.8) is 0 Å². The first-order chi connectivity index (χ1) is 6.72. The van der Waals surface area contributed by atoms with Crippen LogP contribution in [0.2, 0.25) is 0 Å². The molecule has 0 aliphatic heterocycles. The molecule has 0 saturated heterocycles. The Bertz CT molecular complexity index is 252. The first-order valence-electron chi connectivity index (χ1n) is 5.42. The number of rotatable bonds is 6. The van der Waals surface area contributed by atoms with Crippen LogP contribution in [0.15, 0.2) is 0 Å². The Morgan fingerprint density at radius 2 is 1.57 bits per heavy atom. The summed E-state index contributed by atoms with van der Waals surface area (Å²) in [6.45, 7) is 4.42. The molecule has 0 radical (unpaired) electrons. The van der Waals surface area contributed by atoms with E-state index in [2.05, 4.69) is 37.2 Å². The number of nitrogens with two attached hydrogens (primary N) is 1. The first kappa shape index (κ1) is 14.1. The molecule has 0 aliphatic carbocycles. The quantitative estimate of drug-likeness (QED) is 0.411. The van der Waals surface area contributed by atoms with Crippen LogP contribution in [0.25, 0.3) is 0 Å². The molecule has 0 unspecified atom stereocenters. The maximum Gasteiger partial charge on any atom is 0.0877 e. The van der Waals surface area contributed by atoms with Crippen molar-refractivity contribution in [1.29, 1.82) is 0 Å². The monoisotopic (exact) mass is 233 g/mol. The molecule has 0 aliphatic rings. The number of thiol groups is 1. The minimum absolute atomic E-state index is 0.0295. The Morgan fingerprint density at radius 3 is 1.86 bits per heavy atom. The van der Waals surface area contributed by atoms with Crippen LogP contribution in [0.4, 0.5) is 0 Å². The molecule has 3 heteroatoms. The fourth-order valence-electron chi connectivity index (χ4n) is 1.07. The van der Waals surface area contributed by atoms with E-state index in [-0.39, 0.29) is 9.66 Å². The van der Waals surface area contributed by atoms with E-state index in [0.29, 0.717) is 0 Å². The Balaban J connectivity index is 4.38. The van der Waals surface area contributed by atoms with Crippen molar-refractivity contribution >= 4 is 37.3 Å². The second-order valence-corrected chi connectivity index (χ2v) is 5.96. The highest BCUT2D eigenvalue weighted by atomic mass is 32.2. The summed E-state index contributed by atoms with van der Waals surface area (Å²) in [7, 11) is 0.0295. The summed E-state index contributed by atoms with van der Waals surface area (Å²) in [5, 5.41) is 4.61. The van der Waals surface area contributed by atoms with Crippen molar-refractivity contribution in [3.8, 4) is 0 Å². The molecule has 0 fully saturated rings. The van der Waals surface area contributed by atoms with Crippen molar-refractivity contribution in [2.45, 2.75) is 52.4 Å². The van der Waals surface area contributed by atoms with Gasteiger partial charge in [-0.3, -0.25) is 5.73 Å². The fourth-order valence-corrected chi connectivity index (χ4v) is 2.83. The van der Waals surface area contributed by atoms with Gasteiger partial charge in [-0.25, -0.2) is 0 Å². The average Bonchev–Trinajstić information content (AvgIpc) is 2.15. The van der Waals surface area contributed by atoms with E-state index in [0.717, 1.165) is 17.2 Å². The predicted octanol–water partition coefficient (Wildman–Crippen LogP) is 3.22. The molecule has 0 saturated carbocycles. The van der Waals surface area contributed by atoms with Gasteiger partial charge in [-0.2, -0.15) is 9.66 Å². The van der Waals surface area contributed by atoms with Crippen molar-refractivity contribution in [1.82, 2.24) is 0 Å². The van der Waals surface area contributed by atoms with Crippen molar-refractivity contribution in [2.75, 3.05) is 0 Å². The topological polar surface area (TPSA) is 26.0 Å². The normalized spacial score (nSPS) is 9.71. The lowest BCUT2D eigenvalue weighted by Gasteiger charge is -1.92. The lowest BCUT2D eigenvalue weighted by molar-refractivity contribution is 0.846. The number of unbranched alkanes of at least 4 members (excludes halogenated alkanes) is 4. The summed E-state index contributed by atoms with van der Waals surface area (Å²) >= 11 is 4.24. The Hall–Kier alpha value is 0.140. The van der Waals surface area contributed by atoms with Crippen molar-refractivity contribution in [3.05, 3.63) is 0 Å². The zero-order chi connectivity index (χ0) is 10.8. The second-order valence-electron chi connectivity index (χ2n) is 3.33. The largest absolute Gasteiger partial charge is 0.289 e. The molecule has 0 aromatic carbocycles. The van der Waals surface area contributed by atoms with E-state index in [9.17, 15) is 0 Å². The predicted molar refractivity (Wildman–Crippen MR) is 76.9 cm³/mol. The van der Waals surface area contributed by atoms with Gasteiger partial charge in [0.1, 0.15) is 0 Å². The van der Waals surface area contributed by atoms with E-state index < -0.39 is 0 Å². The van der Waals surface area contributed by atoms with Gasteiger partial charge >= 0.3 is 0 Å². The van der Waals surface area contributed by atoms with Gasteiger partial charge in [-0.1, -0.05) is 26.7 Å². The molecule has 0 amide bonds. The molecule has 0 aromatic rings. The first-order valence-corrected chi connectivity index (χ1v) is 7.22. The molecule has 2 N–H and O–H groups in total. The van der Waals surface area contributed by atoms with E-state index >= 15 is 0 Å². The highest BCUT2D eigenvalue weighted by Gasteiger charge is 1.82. The molecular weight excluding hydrogens is 210 g/mol. The van der Waals surface area contributed by atoms with Crippen LogP contribution in [-0.2, 0) is 0 Å². The Kier molecular flexibility index (Phi) is 9.78. The van der Waals surface area contributed by atoms with Crippen LogP contribution in [0.3, 0.4) is 0 Å². The Labute approximate surface area is 95.6 Å². The van der Waals surface area contributed by atoms with Gasteiger partial charge in [0.05, 0.1) is 4.32 Å². The standard InChI is InChI=1S/C11H23NS2/c1-3-5-7-9-14(11(12)13)10-8-6-4-2/h9-10,13H,3-8,12H2,1-2H3. The molecule has 0 bridgehead atoms. The van der Waals surface area contributed by atoms with E-state index in [1.54, 1.807) is 0 Å². The maximum atomic E-state index is 5.73. The summed E-state index contributed by atoms with van der Waals surface area (Å²) in [6, 6.07) is 0. The minimum atomic E-state index is 0.0295.